The van der Waals surface area contributed by atoms with Gasteiger partial charge in [-0.2, -0.15) is 0 Å². The Labute approximate surface area is 475 Å². The monoisotopic (exact) mass is 1060 g/mol. The molecule has 0 bridgehead atoms. The van der Waals surface area contributed by atoms with Crippen LogP contribution in [0.15, 0.2) is 134 Å². The number of allylic oxidation sites excluding steroid dienone is 22. The first kappa shape index (κ1) is 72.5. The largest absolute Gasteiger partial charge is 0.462 e. The van der Waals surface area contributed by atoms with Crippen LogP contribution in [0.5, 0.6) is 0 Å². The molecule has 6 nitrogen and oxygen atoms in total. The predicted molar refractivity (Wildman–Crippen MR) is 334 cm³/mol. The molecule has 0 aromatic carbocycles. The molecule has 436 valence electrons. The van der Waals surface area contributed by atoms with Gasteiger partial charge in [-0.25, -0.2) is 0 Å². The number of hydrogen-bond donors (Lipinski definition) is 0. The molecule has 0 fully saturated rings. The minimum atomic E-state index is -0.803. The highest BCUT2D eigenvalue weighted by atomic mass is 16.6. The molecule has 0 saturated carbocycles. The van der Waals surface area contributed by atoms with Crippen LogP contribution in [0.1, 0.15) is 278 Å². The first-order valence-electron chi connectivity index (χ1n) is 31.7. The molecule has 0 aliphatic rings. The van der Waals surface area contributed by atoms with E-state index in [1.165, 1.54) is 96.3 Å². The molecule has 0 N–H and O–H groups in total. The Bertz CT molecular complexity index is 1650. The highest BCUT2D eigenvalue weighted by Gasteiger charge is 2.19. The fraction of sp³-hybridized carbons (Fsp3) is 0.648. The number of hydrogen-bond acceptors (Lipinski definition) is 6. The molecule has 0 aliphatic heterocycles. The van der Waals surface area contributed by atoms with E-state index in [9.17, 15) is 14.4 Å². The molecular weight excluding hydrogens is 949 g/mol. The zero-order valence-corrected chi connectivity index (χ0v) is 49.9. The van der Waals surface area contributed by atoms with Gasteiger partial charge >= 0.3 is 17.9 Å². The van der Waals surface area contributed by atoms with Gasteiger partial charge in [0.05, 0.1) is 0 Å². The quantitative estimate of drug-likeness (QED) is 0.0261. The molecule has 0 heterocycles. The van der Waals surface area contributed by atoms with Crippen LogP contribution in [0.2, 0.25) is 0 Å². The van der Waals surface area contributed by atoms with Gasteiger partial charge in [0.1, 0.15) is 13.2 Å². The second-order valence-corrected chi connectivity index (χ2v) is 20.6. The Morgan fingerprint density at radius 1 is 0.273 bits per heavy atom. The zero-order chi connectivity index (χ0) is 55.7. The van der Waals surface area contributed by atoms with Gasteiger partial charge < -0.3 is 14.2 Å². The average Bonchev–Trinajstić information content (AvgIpc) is 3.43. The van der Waals surface area contributed by atoms with Crippen LogP contribution in [-0.2, 0) is 28.6 Å². The van der Waals surface area contributed by atoms with Crippen LogP contribution in [-0.4, -0.2) is 37.2 Å². The molecule has 0 spiro atoms. The summed E-state index contributed by atoms with van der Waals surface area (Å²) >= 11 is 0. The SMILES string of the molecule is CC/C=C\C/C=C\C/C=C\C/C=C\C/C=C\C/C=C\CCCCCCCCCCC(=O)OCC(COC(=O)CCCCCCCCCCCCCCC)OC(=O)CCCCC/C=C\C/C=C\C/C=C\C/C=C\C/C=C\CC. The molecule has 6 heteroatoms. The van der Waals surface area contributed by atoms with E-state index in [4.69, 9.17) is 14.2 Å². The lowest BCUT2D eigenvalue weighted by Gasteiger charge is -2.18. The maximum absolute atomic E-state index is 12.9. The van der Waals surface area contributed by atoms with Gasteiger partial charge in [0, 0.05) is 19.3 Å². The smallest absolute Gasteiger partial charge is 0.306 e. The summed E-state index contributed by atoms with van der Waals surface area (Å²) in [7, 11) is 0. The maximum atomic E-state index is 12.9. The fourth-order valence-electron chi connectivity index (χ4n) is 8.47. The van der Waals surface area contributed by atoms with Gasteiger partial charge in [-0.15, -0.1) is 0 Å². The Morgan fingerprint density at radius 3 is 0.805 bits per heavy atom. The van der Waals surface area contributed by atoms with Crippen molar-refractivity contribution in [3.63, 3.8) is 0 Å². The van der Waals surface area contributed by atoms with Gasteiger partial charge in [0.25, 0.3) is 0 Å². The van der Waals surface area contributed by atoms with E-state index in [1.54, 1.807) is 0 Å². The van der Waals surface area contributed by atoms with Crippen molar-refractivity contribution >= 4 is 17.9 Å². The van der Waals surface area contributed by atoms with Crippen LogP contribution < -0.4 is 0 Å². The molecule has 77 heavy (non-hydrogen) atoms. The van der Waals surface area contributed by atoms with E-state index in [0.717, 1.165) is 141 Å². The maximum Gasteiger partial charge on any atom is 0.306 e. The normalized spacial score (nSPS) is 13.0. The van der Waals surface area contributed by atoms with Gasteiger partial charge in [-0.05, 0) is 116 Å². The highest BCUT2D eigenvalue weighted by Crippen LogP contribution is 2.15. The minimum absolute atomic E-state index is 0.0955. The molecule has 1 unspecified atom stereocenters. The van der Waals surface area contributed by atoms with E-state index in [1.807, 2.05) is 0 Å². The van der Waals surface area contributed by atoms with Crippen LogP contribution in [0.3, 0.4) is 0 Å². The molecule has 0 aromatic rings. The van der Waals surface area contributed by atoms with Crippen LogP contribution >= 0.6 is 0 Å². The number of rotatable bonds is 56. The third-order valence-electron chi connectivity index (χ3n) is 13.2. The zero-order valence-electron chi connectivity index (χ0n) is 49.9. The summed E-state index contributed by atoms with van der Waals surface area (Å²) in [6, 6.07) is 0. The number of ether oxygens (including phenoxy) is 3. The molecule has 0 rings (SSSR count). The summed E-state index contributed by atoms with van der Waals surface area (Å²) in [4.78, 5) is 38.3. The lowest BCUT2D eigenvalue weighted by molar-refractivity contribution is -0.167. The molecule has 0 saturated heterocycles. The van der Waals surface area contributed by atoms with Crippen molar-refractivity contribution in [2.45, 2.75) is 284 Å². The summed E-state index contributed by atoms with van der Waals surface area (Å²) < 4.78 is 16.9. The number of carbonyl (C=O) groups is 3. The van der Waals surface area contributed by atoms with Crippen molar-refractivity contribution in [3.8, 4) is 0 Å². The molecule has 0 radical (unpaired) electrons. The van der Waals surface area contributed by atoms with Crippen molar-refractivity contribution in [3.05, 3.63) is 134 Å². The van der Waals surface area contributed by atoms with E-state index in [0.29, 0.717) is 12.8 Å². The highest BCUT2D eigenvalue weighted by molar-refractivity contribution is 5.71. The van der Waals surface area contributed by atoms with E-state index in [2.05, 4.69) is 154 Å². The van der Waals surface area contributed by atoms with E-state index < -0.39 is 6.10 Å². The summed E-state index contributed by atoms with van der Waals surface area (Å²) in [6.07, 6.45) is 90.2. The van der Waals surface area contributed by atoms with Crippen LogP contribution in [0, 0.1) is 0 Å². The molecular formula is C71H116O6. The van der Waals surface area contributed by atoms with E-state index >= 15 is 0 Å². The number of carbonyl (C=O) groups excluding carboxylic acids is 3. The predicted octanol–water partition coefficient (Wildman–Crippen LogP) is 21.8. The van der Waals surface area contributed by atoms with Gasteiger partial charge in [0.2, 0.25) is 0 Å². The summed E-state index contributed by atoms with van der Waals surface area (Å²) in [5, 5.41) is 0. The molecule has 0 amide bonds. The van der Waals surface area contributed by atoms with Crippen molar-refractivity contribution in [2.75, 3.05) is 13.2 Å². The van der Waals surface area contributed by atoms with Crippen molar-refractivity contribution in [1.29, 1.82) is 0 Å². The van der Waals surface area contributed by atoms with Crippen molar-refractivity contribution < 1.29 is 28.6 Å². The second kappa shape index (κ2) is 64.1. The van der Waals surface area contributed by atoms with Gasteiger partial charge in [-0.3, -0.25) is 14.4 Å². The van der Waals surface area contributed by atoms with Crippen molar-refractivity contribution in [1.82, 2.24) is 0 Å². The second-order valence-electron chi connectivity index (χ2n) is 20.6. The Hall–Kier alpha value is -4.45. The van der Waals surface area contributed by atoms with Crippen LogP contribution in [0.4, 0.5) is 0 Å². The van der Waals surface area contributed by atoms with Gasteiger partial charge in [-0.1, -0.05) is 276 Å². The summed E-state index contributed by atoms with van der Waals surface area (Å²) in [6.45, 7) is 6.39. The Balaban J connectivity index is 4.40. The molecule has 1 atom stereocenters. The average molecular weight is 1070 g/mol. The van der Waals surface area contributed by atoms with Crippen molar-refractivity contribution in [2.24, 2.45) is 0 Å². The molecule has 0 aliphatic carbocycles. The van der Waals surface area contributed by atoms with Crippen LogP contribution in [0.25, 0.3) is 0 Å². The number of unbranched alkanes of at least 4 members (excludes halogenated alkanes) is 23. The standard InChI is InChI=1S/C71H116O6/c1-4-7-10-13-16-19-22-25-27-29-31-32-33-34-35-36-37-38-40-41-43-46-49-52-55-58-61-64-70(73)76-67-68(66-75-69(72)63-60-57-54-51-48-45-24-21-18-15-12-9-6-3)77-71(74)65-62-59-56-53-50-47-44-42-39-30-28-26-23-20-17-14-11-8-5-2/h7-8,10-11,16-17,19-20,25-28,31-32,34-35,37-39,42,47,50,68H,4-6,9,12-15,18,21-24,29-30,33,36,40-41,43-46,48-49,51-67H2,1-3H3/b10-7-,11-8-,19-16-,20-17-,27-25-,28-26-,32-31-,35-34-,38-37-,42-39-,50-47-. The lowest BCUT2D eigenvalue weighted by Crippen LogP contribution is -2.30. The third kappa shape index (κ3) is 62.3. The van der Waals surface area contributed by atoms with E-state index in [-0.39, 0.29) is 37.5 Å². The molecule has 0 aromatic heterocycles. The first-order chi connectivity index (χ1) is 38.0. The Morgan fingerprint density at radius 2 is 0.506 bits per heavy atom. The van der Waals surface area contributed by atoms with Gasteiger partial charge in [0.15, 0.2) is 6.10 Å². The lowest BCUT2D eigenvalue weighted by atomic mass is 10.0. The third-order valence-corrected chi connectivity index (χ3v) is 13.2. The Kier molecular flexibility index (Phi) is 60.4. The summed E-state index contributed by atoms with van der Waals surface area (Å²) in [5.41, 5.74) is 0. The number of esters is 3. The fourth-order valence-corrected chi connectivity index (χ4v) is 8.47. The minimum Gasteiger partial charge on any atom is -0.462 e. The topological polar surface area (TPSA) is 78.9 Å². The first-order valence-corrected chi connectivity index (χ1v) is 31.7. The summed E-state index contributed by atoms with van der Waals surface area (Å²) in [5.74, 6) is -0.934.